The number of hydrogen-bond acceptors (Lipinski definition) is 4. The van der Waals surface area contributed by atoms with Crippen LogP contribution in [0.5, 0.6) is 11.5 Å². The molecule has 0 aliphatic rings. The van der Waals surface area contributed by atoms with Crippen molar-refractivity contribution in [2.45, 2.75) is 13.8 Å². The molecule has 0 spiro atoms. The highest BCUT2D eigenvalue weighted by Gasteiger charge is 2.14. The van der Waals surface area contributed by atoms with Crippen molar-refractivity contribution in [1.29, 1.82) is 0 Å². The van der Waals surface area contributed by atoms with Crippen LogP contribution in [0.3, 0.4) is 0 Å². The van der Waals surface area contributed by atoms with Crippen LogP contribution in [0.1, 0.15) is 11.1 Å². The third-order valence-corrected chi connectivity index (χ3v) is 3.46. The van der Waals surface area contributed by atoms with Crippen molar-refractivity contribution in [3.63, 3.8) is 0 Å². The molecule has 3 aromatic rings. The van der Waals surface area contributed by atoms with E-state index in [1.807, 2.05) is 30.3 Å². The van der Waals surface area contributed by atoms with Gasteiger partial charge >= 0.3 is 0 Å². The second-order valence-corrected chi connectivity index (χ2v) is 5.10. The largest absolute Gasteiger partial charge is 0.455 e. The number of ether oxygens (including phenoxy) is 1. The van der Waals surface area contributed by atoms with Gasteiger partial charge in [-0.2, -0.15) is 0 Å². The maximum atomic E-state index is 10.9. The summed E-state index contributed by atoms with van der Waals surface area (Å²) in [4.78, 5) is 14.9. The Morgan fingerprint density at radius 1 is 1.09 bits per heavy atom. The number of non-ortho nitro benzene ring substituents is 1. The lowest BCUT2D eigenvalue weighted by Crippen LogP contribution is -1.96. The van der Waals surface area contributed by atoms with E-state index >= 15 is 0 Å². The molecule has 3 rings (SSSR count). The number of para-hydroxylation sites is 1. The summed E-state index contributed by atoms with van der Waals surface area (Å²) in [6.07, 6.45) is 1.71. The summed E-state index contributed by atoms with van der Waals surface area (Å²) in [5, 5.41) is 11.9. The standard InChI is InChI=1S/C17H14N2O3/c1-11-9-14(19(20)21)10-12(2)17(11)22-15-7-3-5-13-6-4-8-18-16(13)15/h3-10H,1-2H3. The van der Waals surface area contributed by atoms with Gasteiger partial charge in [-0.3, -0.25) is 15.1 Å². The first kappa shape index (κ1) is 14.0. The van der Waals surface area contributed by atoms with Gasteiger partial charge in [-0.25, -0.2) is 0 Å². The Hall–Kier alpha value is -2.95. The maximum Gasteiger partial charge on any atom is 0.270 e. The summed E-state index contributed by atoms with van der Waals surface area (Å²) >= 11 is 0. The smallest absolute Gasteiger partial charge is 0.270 e. The summed E-state index contributed by atoms with van der Waals surface area (Å²) in [5.41, 5.74) is 2.28. The number of benzene rings is 2. The lowest BCUT2D eigenvalue weighted by atomic mass is 10.1. The molecule has 1 heterocycles. The highest BCUT2D eigenvalue weighted by molar-refractivity contribution is 5.84. The molecular formula is C17H14N2O3. The van der Waals surface area contributed by atoms with Crippen molar-refractivity contribution in [2.24, 2.45) is 0 Å². The fourth-order valence-corrected chi connectivity index (χ4v) is 2.46. The van der Waals surface area contributed by atoms with Crippen LogP contribution in [0.25, 0.3) is 10.9 Å². The SMILES string of the molecule is Cc1cc([N+](=O)[O-])cc(C)c1Oc1cccc2cccnc12. The summed E-state index contributed by atoms with van der Waals surface area (Å²) in [5.74, 6) is 1.27. The Morgan fingerprint density at radius 2 is 1.77 bits per heavy atom. The summed E-state index contributed by atoms with van der Waals surface area (Å²) in [6, 6.07) is 12.6. The van der Waals surface area contributed by atoms with E-state index in [-0.39, 0.29) is 5.69 Å². The van der Waals surface area contributed by atoms with Gasteiger partial charge in [0, 0.05) is 23.7 Å². The molecule has 0 saturated carbocycles. The number of aryl methyl sites for hydroxylation is 2. The van der Waals surface area contributed by atoms with Crippen LogP contribution in [-0.4, -0.2) is 9.91 Å². The number of pyridine rings is 1. The van der Waals surface area contributed by atoms with E-state index in [0.29, 0.717) is 11.5 Å². The molecule has 0 N–H and O–H groups in total. The molecule has 22 heavy (non-hydrogen) atoms. The Morgan fingerprint density at radius 3 is 2.45 bits per heavy atom. The van der Waals surface area contributed by atoms with Gasteiger partial charge in [-0.1, -0.05) is 18.2 Å². The van der Waals surface area contributed by atoms with Gasteiger partial charge in [-0.15, -0.1) is 0 Å². The summed E-state index contributed by atoms with van der Waals surface area (Å²) in [7, 11) is 0. The van der Waals surface area contributed by atoms with Crippen LogP contribution < -0.4 is 4.74 Å². The number of nitrogens with zero attached hydrogens (tertiary/aromatic N) is 2. The molecule has 5 nitrogen and oxygen atoms in total. The first-order valence-corrected chi connectivity index (χ1v) is 6.83. The molecule has 2 aromatic carbocycles. The van der Waals surface area contributed by atoms with Crippen LogP contribution in [0, 0.1) is 24.0 Å². The van der Waals surface area contributed by atoms with Gasteiger partial charge in [-0.05, 0) is 37.1 Å². The van der Waals surface area contributed by atoms with Crippen LogP contribution in [0.4, 0.5) is 5.69 Å². The van der Waals surface area contributed by atoms with Gasteiger partial charge in [0.15, 0.2) is 5.75 Å². The second kappa shape index (κ2) is 5.44. The Kier molecular flexibility index (Phi) is 3.47. The van der Waals surface area contributed by atoms with Crippen molar-refractivity contribution in [1.82, 2.24) is 4.98 Å². The van der Waals surface area contributed by atoms with Gasteiger partial charge < -0.3 is 4.74 Å². The lowest BCUT2D eigenvalue weighted by molar-refractivity contribution is -0.385. The topological polar surface area (TPSA) is 65.3 Å². The van der Waals surface area contributed by atoms with Crippen LogP contribution in [0.2, 0.25) is 0 Å². The van der Waals surface area contributed by atoms with E-state index in [1.165, 1.54) is 12.1 Å². The molecule has 0 atom stereocenters. The Labute approximate surface area is 127 Å². The Bertz CT molecular complexity index is 846. The zero-order valence-electron chi connectivity index (χ0n) is 12.2. The average molecular weight is 294 g/mol. The lowest BCUT2D eigenvalue weighted by Gasteiger charge is -2.13. The van der Waals surface area contributed by atoms with Crippen LogP contribution in [-0.2, 0) is 0 Å². The molecule has 0 aliphatic heterocycles. The number of fused-ring (bicyclic) bond motifs is 1. The highest BCUT2D eigenvalue weighted by Crippen LogP contribution is 2.34. The number of aromatic nitrogens is 1. The Balaban J connectivity index is 2.08. The minimum atomic E-state index is -0.400. The minimum absolute atomic E-state index is 0.0680. The van der Waals surface area contributed by atoms with Crippen molar-refractivity contribution >= 4 is 16.6 Å². The van der Waals surface area contributed by atoms with Gasteiger partial charge in [0.05, 0.1) is 4.92 Å². The molecule has 110 valence electrons. The number of nitro benzene ring substituents is 1. The molecule has 5 heteroatoms. The van der Waals surface area contributed by atoms with Crippen LogP contribution in [0.15, 0.2) is 48.7 Å². The number of rotatable bonds is 3. The number of nitro groups is 1. The zero-order chi connectivity index (χ0) is 15.7. The first-order chi connectivity index (χ1) is 10.6. The molecule has 0 bridgehead atoms. The van der Waals surface area contributed by atoms with E-state index in [4.69, 9.17) is 4.74 Å². The van der Waals surface area contributed by atoms with E-state index in [2.05, 4.69) is 4.98 Å². The first-order valence-electron chi connectivity index (χ1n) is 6.83. The molecule has 0 amide bonds. The molecule has 0 radical (unpaired) electrons. The summed E-state index contributed by atoms with van der Waals surface area (Å²) < 4.78 is 6.00. The second-order valence-electron chi connectivity index (χ2n) is 5.10. The van der Waals surface area contributed by atoms with E-state index < -0.39 is 4.92 Å². The molecule has 0 fully saturated rings. The quantitative estimate of drug-likeness (QED) is 0.525. The molecule has 0 saturated heterocycles. The normalized spacial score (nSPS) is 10.6. The van der Waals surface area contributed by atoms with Gasteiger partial charge in [0.1, 0.15) is 11.3 Å². The van der Waals surface area contributed by atoms with E-state index in [1.54, 1.807) is 20.0 Å². The fourth-order valence-electron chi connectivity index (χ4n) is 2.46. The highest BCUT2D eigenvalue weighted by atomic mass is 16.6. The molecule has 0 unspecified atom stereocenters. The fraction of sp³-hybridized carbons (Fsp3) is 0.118. The predicted molar refractivity (Wildman–Crippen MR) is 84.4 cm³/mol. The molecular weight excluding hydrogens is 280 g/mol. The molecule has 0 aliphatic carbocycles. The van der Waals surface area contributed by atoms with Gasteiger partial charge in [0.25, 0.3) is 5.69 Å². The van der Waals surface area contributed by atoms with Crippen LogP contribution >= 0.6 is 0 Å². The number of hydrogen-bond donors (Lipinski definition) is 0. The minimum Gasteiger partial charge on any atom is -0.455 e. The third-order valence-electron chi connectivity index (χ3n) is 3.46. The van der Waals surface area contributed by atoms with E-state index in [0.717, 1.165) is 22.0 Å². The van der Waals surface area contributed by atoms with Crippen molar-refractivity contribution in [2.75, 3.05) is 0 Å². The molecule has 1 aromatic heterocycles. The van der Waals surface area contributed by atoms with Gasteiger partial charge in [0.2, 0.25) is 0 Å². The predicted octanol–water partition coefficient (Wildman–Crippen LogP) is 4.55. The van der Waals surface area contributed by atoms with Crippen molar-refractivity contribution in [3.8, 4) is 11.5 Å². The third kappa shape index (κ3) is 2.48. The van der Waals surface area contributed by atoms with Crippen molar-refractivity contribution in [3.05, 3.63) is 69.9 Å². The zero-order valence-corrected chi connectivity index (χ0v) is 12.2. The average Bonchev–Trinajstić information content (AvgIpc) is 2.50. The summed E-state index contributed by atoms with van der Waals surface area (Å²) in [6.45, 7) is 3.60. The monoisotopic (exact) mass is 294 g/mol. The van der Waals surface area contributed by atoms with E-state index in [9.17, 15) is 10.1 Å². The maximum absolute atomic E-state index is 10.9. The van der Waals surface area contributed by atoms with Crippen molar-refractivity contribution < 1.29 is 9.66 Å².